The van der Waals surface area contributed by atoms with Crippen LogP contribution in [-0.2, 0) is 14.3 Å². The molecule has 0 aliphatic rings. The van der Waals surface area contributed by atoms with Crippen LogP contribution < -0.4 is 0 Å². The van der Waals surface area contributed by atoms with Crippen LogP contribution in [-0.4, -0.2) is 37.5 Å². The van der Waals surface area contributed by atoms with Gasteiger partial charge in [0.1, 0.15) is 6.54 Å². The number of amides is 1. The molecule has 4 nitrogen and oxygen atoms in total. The number of hydrogen-bond acceptors (Lipinski definition) is 3. The SMILES string of the molecule is COC(=O)CN(C)C(=O)/C=C/c1ccc(-c2ccccc2)cc1. The Hall–Kier alpha value is -2.88. The third-order valence-electron chi connectivity index (χ3n) is 3.41. The summed E-state index contributed by atoms with van der Waals surface area (Å²) < 4.78 is 4.53. The van der Waals surface area contributed by atoms with Crippen LogP contribution in [0.3, 0.4) is 0 Å². The van der Waals surface area contributed by atoms with E-state index in [0.717, 1.165) is 16.7 Å². The molecule has 2 aromatic carbocycles. The Bertz CT molecular complexity index is 690. The van der Waals surface area contributed by atoms with Crippen molar-refractivity contribution < 1.29 is 14.3 Å². The monoisotopic (exact) mass is 309 g/mol. The molecule has 0 saturated carbocycles. The van der Waals surface area contributed by atoms with E-state index in [0.29, 0.717) is 0 Å². The van der Waals surface area contributed by atoms with E-state index in [1.165, 1.54) is 18.1 Å². The fourth-order valence-electron chi connectivity index (χ4n) is 2.05. The van der Waals surface area contributed by atoms with Gasteiger partial charge in [-0.1, -0.05) is 54.6 Å². The van der Waals surface area contributed by atoms with E-state index >= 15 is 0 Å². The Morgan fingerprint density at radius 2 is 1.61 bits per heavy atom. The van der Waals surface area contributed by atoms with Crippen LogP contribution in [0.1, 0.15) is 5.56 Å². The number of nitrogens with zero attached hydrogens (tertiary/aromatic N) is 1. The molecule has 2 aromatic rings. The molecule has 0 saturated heterocycles. The lowest BCUT2D eigenvalue weighted by Crippen LogP contribution is -2.31. The molecule has 1 amide bonds. The number of carbonyl (C=O) groups excluding carboxylic acids is 2. The average molecular weight is 309 g/mol. The van der Waals surface area contributed by atoms with Gasteiger partial charge >= 0.3 is 5.97 Å². The van der Waals surface area contributed by atoms with Gasteiger partial charge in [-0.2, -0.15) is 0 Å². The van der Waals surface area contributed by atoms with Gasteiger partial charge in [0.15, 0.2) is 0 Å². The fourth-order valence-corrected chi connectivity index (χ4v) is 2.05. The van der Waals surface area contributed by atoms with Gasteiger partial charge in [0.05, 0.1) is 7.11 Å². The van der Waals surface area contributed by atoms with Crippen molar-refractivity contribution in [3.05, 3.63) is 66.2 Å². The summed E-state index contributed by atoms with van der Waals surface area (Å²) >= 11 is 0. The predicted molar refractivity (Wildman–Crippen MR) is 90.6 cm³/mol. The second-order valence-corrected chi connectivity index (χ2v) is 5.09. The molecule has 0 aliphatic carbocycles. The molecule has 118 valence electrons. The number of hydrogen-bond donors (Lipinski definition) is 0. The fraction of sp³-hybridized carbons (Fsp3) is 0.158. The van der Waals surface area contributed by atoms with Crippen LogP contribution in [0.2, 0.25) is 0 Å². The number of methoxy groups -OCH3 is 1. The smallest absolute Gasteiger partial charge is 0.325 e. The number of benzene rings is 2. The number of esters is 1. The minimum Gasteiger partial charge on any atom is -0.468 e. The molecule has 4 heteroatoms. The summed E-state index contributed by atoms with van der Waals surface area (Å²) in [6.45, 7) is -0.0629. The maximum Gasteiger partial charge on any atom is 0.325 e. The Kier molecular flexibility index (Phi) is 5.69. The van der Waals surface area contributed by atoms with Gasteiger partial charge in [0.25, 0.3) is 0 Å². The van der Waals surface area contributed by atoms with E-state index in [2.05, 4.69) is 16.9 Å². The lowest BCUT2D eigenvalue weighted by Gasteiger charge is -2.12. The third-order valence-corrected chi connectivity index (χ3v) is 3.41. The van der Waals surface area contributed by atoms with E-state index < -0.39 is 5.97 Å². The summed E-state index contributed by atoms with van der Waals surface area (Å²) in [5.74, 6) is -0.691. The normalized spacial score (nSPS) is 10.5. The number of ether oxygens (including phenoxy) is 1. The largest absolute Gasteiger partial charge is 0.468 e. The zero-order valence-electron chi connectivity index (χ0n) is 13.2. The van der Waals surface area contributed by atoms with Crippen LogP contribution in [0, 0.1) is 0 Å². The average Bonchev–Trinajstić information content (AvgIpc) is 2.60. The van der Waals surface area contributed by atoms with Crippen molar-refractivity contribution in [3.63, 3.8) is 0 Å². The van der Waals surface area contributed by atoms with Gasteiger partial charge in [-0.15, -0.1) is 0 Å². The van der Waals surface area contributed by atoms with Crippen molar-refractivity contribution in [2.45, 2.75) is 0 Å². The molecule has 0 heterocycles. The van der Waals surface area contributed by atoms with Crippen LogP contribution in [0.4, 0.5) is 0 Å². The first-order valence-corrected chi connectivity index (χ1v) is 7.25. The molecule has 0 aliphatic heterocycles. The standard InChI is InChI=1S/C19H19NO3/c1-20(14-19(22)23-2)18(21)13-10-15-8-11-17(12-9-15)16-6-4-3-5-7-16/h3-13H,14H2,1-2H3/b13-10+. The van der Waals surface area contributed by atoms with Crippen molar-refractivity contribution in [1.82, 2.24) is 4.90 Å². The highest BCUT2D eigenvalue weighted by Gasteiger charge is 2.09. The lowest BCUT2D eigenvalue weighted by molar-refractivity contribution is -0.144. The summed E-state index contributed by atoms with van der Waals surface area (Å²) in [7, 11) is 2.85. The maximum atomic E-state index is 11.9. The van der Waals surface area contributed by atoms with E-state index in [-0.39, 0.29) is 12.5 Å². The molecule has 23 heavy (non-hydrogen) atoms. The number of rotatable bonds is 5. The van der Waals surface area contributed by atoms with E-state index in [1.807, 2.05) is 42.5 Å². The summed E-state index contributed by atoms with van der Waals surface area (Å²) in [5.41, 5.74) is 3.19. The van der Waals surface area contributed by atoms with Gasteiger partial charge in [-0.3, -0.25) is 9.59 Å². The lowest BCUT2D eigenvalue weighted by atomic mass is 10.0. The van der Waals surface area contributed by atoms with Gasteiger partial charge < -0.3 is 9.64 Å². The van der Waals surface area contributed by atoms with Gasteiger partial charge in [-0.25, -0.2) is 0 Å². The molecule has 0 bridgehead atoms. The molecule has 0 N–H and O–H groups in total. The van der Waals surface area contributed by atoms with E-state index in [4.69, 9.17) is 0 Å². The van der Waals surface area contributed by atoms with E-state index in [1.54, 1.807) is 13.1 Å². The first kappa shape index (κ1) is 16.5. The first-order valence-electron chi connectivity index (χ1n) is 7.25. The summed E-state index contributed by atoms with van der Waals surface area (Å²) in [4.78, 5) is 24.3. The molecular formula is C19H19NO3. The summed E-state index contributed by atoms with van der Waals surface area (Å²) in [5, 5.41) is 0. The second-order valence-electron chi connectivity index (χ2n) is 5.09. The zero-order chi connectivity index (χ0) is 16.7. The minimum atomic E-state index is -0.443. The van der Waals surface area contributed by atoms with Crippen molar-refractivity contribution >= 4 is 18.0 Å². The van der Waals surface area contributed by atoms with Crippen LogP contribution in [0.25, 0.3) is 17.2 Å². The Labute approximate surface area is 136 Å². The van der Waals surface area contributed by atoms with Gasteiger partial charge in [0.2, 0.25) is 5.91 Å². The van der Waals surface area contributed by atoms with Gasteiger partial charge in [0, 0.05) is 13.1 Å². The molecule has 0 fully saturated rings. The molecule has 2 rings (SSSR count). The first-order chi connectivity index (χ1) is 11.1. The van der Waals surface area contributed by atoms with Crippen molar-refractivity contribution in [3.8, 4) is 11.1 Å². The maximum absolute atomic E-state index is 11.9. The highest BCUT2D eigenvalue weighted by atomic mass is 16.5. The zero-order valence-corrected chi connectivity index (χ0v) is 13.2. The Morgan fingerprint density at radius 3 is 2.22 bits per heavy atom. The van der Waals surface area contributed by atoms with Crippen molar-refractivity contribution in [2.24, 2.45) is 0 Å². The molecule has 0 aromatic heterocycles. The van der Waals surface area contributed by atoms with Crippen LogP contribution in [0.15, 0.2) is 60.7 Å². The molecule has 0 unspecified atom stereocenters. The predicted octanol–water partition coefficient (Wildman–Crippen LogP) is 3.00. The summed E-state index contributed by atoms with van der Waals surface area (Å²) in [6, 6.07) is 18.0. The molecule has 0 atom stereocenters. The van der Waals surface area contributed by atoms with Crippen LogP contribution >= 0.6 is 0 Å². The third kappa shape index (κ3) is 4.81. The molecular weight excluding hydrogens is 290 g/mol. The quantitative estimate of drug-likeness (QED) is 0.630. The summed E-state index contributed by atoms with van der Waals surface area (Å²) in [6.07, 6.45) is 3.17. The highest BCUT2D eigenvalue weighted by molar-refractivity contribution is 5.93. The van der Waals surface area contributed by atoms with Crippen LogP contribution in [0.5, 0.6) is 0 Å². The van der Waals surface area contributed by atoms with E-state index in [9.17, 15) is 9.59 Å². The van der Waals surface area contributed by atoms with Crippen molar-refractivity contribution in [1.29, 1.82) is 0 Å². The molecule has 0 spiro atoms. The topological polar surface area (TPSA) is 46.6 Å². The second kappa shape index (κ2) is 7.94. The Morgan fingerprint density at radius 1 is 1.00 bits per heavy atom. The Balaban J connectivity index is 2.00. The minimum absolute atomic E-state index is 0.0629. The number of likely N-dealkylation sites (N-methyl/N-ethyl adjacent to an activating group) is 1. The highest BCUT2D eigenvalue weighted by Crippen LogP contribution is 2.19. The van der Waals surface area contributed by atoms with Gasteiger partial charge in [-0.05, 0) is 22.8 Å². The van der Waals surface area contributed by atoms with Crippen molar-refractivity contribution in [2.75, 3.05) is 20.7 Å². The number of carbonyl (C=O) groups is 2. The molecule has 0 radical (unpaired) electrons.